The minimum absolute atomic E-state index is 0.277. The summed E-state index contributed by atoms with van der Waals surface area (Å²) < 4.78 is 39.7. The Balaban J connectivity index is 1.94. The van der Waals surface area contributed by atoms with Crippen molar-refractivity contribution in [2.24, 2.45) is 0 Å². The number of carbonyl (C=O) groups is 2. The number of benzene rings is 1. The first kappa shape index (κ1) is 19.0. The van der Waals surface area contributed by atoms with Crippen molar-refractivity contribution in [3.05, 3.63) is 41.2 Å². The molecule has 0 radical (unpaired) electrons. The summed E-state index contributed by atoms with van der Waals surface area (Å²) >= 11 is 0. The van der Waals surface area contributed by atoms with Crippen LogP contribution in [0.15, 0.2) is 23.8 Å². The zero-order chi connectivity index (χ0) is 18.4. The molecule has 0 saturated carbocycles. The molecule has 1 aliphatic rings. The van der Waals surface area contributed by atoms with E-state index >= 15 is 0 Å². The lowest BCUT2D eigenvalue weighted by atomic mass is 9.97. The monoisotopic (exact) mass is 354 g/mol. The van der Waals surface area contributed by atoms with E-state index < -0.39 is 29.0 Å². The lowest BCUT2D eigenvalue weighted by molar-refractivity contribution is -0.132. The molecule has 2 rings (SSSR count). The summed E-state index contributed by atoms with van der Waals surface area (Å²) in [6.45, 7) is 1.45. The fraction of sp³-hybridized carbons (Fsp3) is 0.444. The number of hydrogen-bond acceptors (Lipinski definition) is 2. The van der Waals surface area contributed by atoms with Gasteiger partial charge in [0.1, 0.15) is 0 Å². The fourth-order valence-corrected chi connectivity index (χ4v) is 2.74. The molecule has 0 unspecified atom stereocenters. The molecule has 0 aliphatic heterocycles. The highest BCUT2D eigenvalue weighted by Crippen LogP contribution is 2.21. The average Bonchev–Trinajstić information content (AvgIpc) is 2.59. The van der Waals surface area contributed by atoms with Gasteiger partial charge < -0.3 is 10.2 Å². The molecule has 136 valence electrons. The molecule has 1 aliphatic carbocycles. The Kier molecular flexibility index (Phi) is 6.61. The van der Waals surface area contributed by atoms with E-state index in [1.807, 2.05) is 0 Å². The second-order valence-corrected chi connectivity index (χ2v) is 6.07. The lowest BCUT2D eigenvalue weighted by Crippen LogP contribution is -2.37. The predicted molar refractivity (Wildman–Crippen MR) is 88.4 cm³/mol. The summed E-state index contributed by atoms with van der Waals surface area (Å²) in [5, 5.41) is 2.17. The van der Waals surface area contributed by atoms with Gasteiger partial charge in [-0.05, 0) is 44.2 Å². The van der Waals surface area contributed by atoms with Gasteiger partial charge in [-0.1, -0.05) is 11.6 Å². The molecule has 1 N–H and O–H groups in total. The van der Waals surface area contributed by atoms with Gasteiger partial charge in [0.2, 0.25) is 11.8 Å². The number of amides is 2. The molecular formula is C18H21F3N2O2. The molecule has 0 fully saturated rings. The van der Waals surface area contributed by atoms with Crippen molar-refractivity contribution < 1.29 is 22.8 Å². The standard InChI is InChI=1S/C18H21F3N2O2/c1-12(24)23(10-9-13-5-3-2-4-6-13)11-16(25)22-15-8-7-14(19)17(20)18(15)21/h5,7-8H,2-4,6,9-11H2,1H3,(H,22,25). The van der Waals surface area contributed by atoms with Crippen LogP contribution >= 0.6 is 0 Å². The van der Waals surface area contributed by atoms with E-state index in [0.717, 1.165) is 31.4 Å². The lowest BCUT2D eigenvalue weighted by Gasteiger charge is -2.22. The van der Waals surface area contributed by atoms with Gasteiger partial charge >= 0.3 is 0 Å². The molecule has 0 bridgehead atoms. The topological polar surface area (TPSA) is 49.4 Å². The summed E-state index contributed by atoms with van der Waals surface area (Å²) in [6, 6.07) is 1.67. The zero-order valence-corrected chi connectivity index (χ0v) is 14.1. The third-order valence-corrected chi connectivity index (χ3v) is 4.18. The van der Waals surface area contributed by atoms with Gasteiger partial charge in [0.05, 0.1) is 12.2 Å². The predicted octanol–water partition coefficient (Wildman–Crippen LogP) is 3.78. The average molecular weight is 354 g/mol. The van der Waals surface area contributed by atoms with Crippen molar-refractivity contribution in [3.8, 4) is 0 Å². The normalized spacial score (nSPS) is 14.0. The molecular weight excluding hydrogens is 333 g/mol. The van der Waals surface area contributed by atoms with Crippen molar-refractivity contribution in [3.63, 3.8) is 0 Å². The van der Waals surface area contributed by atoms with Gasteiger partial charge in [0.15, 0.2) is 17.5 Å². The number of rotatable bonds is 6. The summed E-state index contributed by atoms with van der Waals surface area (Å²) in [5.74, 6) is -5.39. The molecule has 0 saturated heterocycles. The maximum Gasteiger partial charge on any atom is 0.244 e. The number of anilines is 1. The number of hydrogen-bond donors (Lipinski definition) is 1. The first-order valence-corrected chi connectivity index (χ1v) is 8.25. The van der Waals surface area contributed by atoms with E-state index in [4.69, 9.17) is 0 Å². The Morgan fingerprint density at radius 3 is 2.56 bits per heavy atom. The summed E-state index contributed by atoms with van der Waals surface area (Å²) in [4.78, 5) is 25.1. The maximum atomic E-state index is 13.6. The van der Waals surface area contributed by atoms with Gasteiger partial charge in [-0.2, -0.15) is 0 Å². The quantitative estimate of drug-likeness (QED) is 0.624. The second kappa shape index (κ2) is 8.69. The Bertz CT molecular complexity index is 689. The van der Waals surface area contributed by atoms with Crippen LogP contribution in [0.2, 0.25) is 0 Å². The van der Waals surface area contributed by atoms with Crippen molar-refractivity contribution >= 4 is 17.5 Å². The van der Waals surface area contributed by atoms with E-state index in [1.54, 1.807) is 0 Å². The molecule has 1 aromatic carbocycles. The molecule has 0 heterocycles. The van der Waals surface area contributed by atoms with Crippen LogP contribution in [0.3, 0.4) is 0 Å². The molecule has 1 aromatic rings. The van der Waals surface area contributed by atoms with Crippen molar-refractivity contribution in [1.29, 1.82) is 0 Å². The second-order valence-electron chi connectivity index (χ2n) is 6.07. The minimum atomic E-state index is -1.65. The minimum Gasteiger partial charge on any atom is -0.333 e. The Labute approximate surface area is 144 Å². The van der Waals surface area contributed by atoms with Crippen LogP contribution in [0, 0.1) is 17.5 Å². The van der Waals surface area contributed by atoms with Crippen LogP contribution in [-0.2, 0) is 9.59 Å². The van der Waals surface area contributed by atoms with E-state index in [-0.39, 0.29) is 12.5 Å². The van der Waals surface area contributed by atoms with E-state index in [0.29, 0.717) is 13.0 Å². The van der Waals surface area contributed by atoms with Crippen molar-refractivity contribution in [2.45, 2.75) is 39.0 Å². The summed E-state index contributed by atoms with van der Waals surface area (Å²) in [7, 11) is 0. The first-order chi connectivity index (χ1) is 11.9. The first-order valence-electron chi connectivity index (χ1n) is 8.25. The molecule has 2 amide bonds. The smallest absolute Gasteiger partial charge is 0.244 e. The van der Waals surface area contributed by atoms with Crippen molar-refractivity contribution in [1.82, 2.24) is 4.90 Å². The third kappa shape index (κ3) is 5.34. The number of nitrogens with one attached hydrogen (secondary N) is 1. The van der Waals surface area contributed by atoms with Gasteiger partial charge in [-0.15, -0.1) is 0 Å². The highest BCUT2D eigenvalue weighted by Gasteiger charge is 2.18. The third-order valence-electron chi connectivity index (χ3n) is 4.18. The number of halogens is 3. The molecule has 0 aromatic heterocycles. The summed E-state index contributed by atoms with van der Waals surface area (Å²) in [5.41, 5.74) is 0.812. The van der Waals surface area contributed by atoms with Crippen molar-refractivity contribution in [2.75, 3.05) is 18.4 Å². The Morgan fingerprint density at radius 1 is 1.16 bits per heavy atom. The van der Waals surface area contributed by atoms with Gasteiger partial charge in [0.25, 0.3) is 0 Å². The van der Waals surface area contributed by atoms with Gasteiger partial charge in [-0.3, -0.25) is 9.59 Å². The van der Waals surface area contributed by atoms with Crippen LogP contribution < -0.4 is 5.32 Å². The fourth-order valence-electron chi connectivity index (χ4n) is 2.74. The van der Waals surface area contributed by atoms with Crippen LogP contribution in [0.4, 0.5) is 18.9 Å². The number of allylic oxidation sites excluding steroid dienone is 1. The zero-order valence-electron chi connectivity index (χ0n) is 14.1. The van der Waals surface area contributed by atoms with Crippen LogP contribution in [0.5, 0.6) is 0 Å². The van der Waals surface area contributed by atoms with Crippen LogP contribution in [0.1, 0.15) is 39.0 Å². The Morgan fingerprint density at radius 2 is 1.92 bits per heavy atom. The molecule has 7 heteroatoms. The largest absolute Gasteiger partial charge is 0.333 e. The highest BCUT2D eigenvalue weighted by atomic mass is 19.2. The SMILES string of the molecule is CC(=O)N(CCC1=CCCCC1)CC(=O)Nc1ccc(F)c(F)c1F. The molecule has 0 spiro atoms. The van der Waals surface area contributed by atoms with Gasteiger partial charge in [-0.25, -0.2) is 13.2 Å². The molecule has 4 nitrogen and oxygen atoms in total. The molecule has 0 atom stereocenters. The highest BCUT2D eigenvalue weighted by molar-refractivity contribution is 5.94. The summed E-state index contributed by atoms with van der Waals surface area (Å²) in [6.07, 6.45) is 7.18. The van der Waals surface area contributed by atoms with Crippen LogP contribution in [-0.4, -0.2) is 29.8 Å². The number of carbonyl (C=O) groups excluding carboxylic acids is 2. The maximum absolute atomic E-state index is 13.6. The van der Waals surface area contributed by atoms with Crippen LogP contribution in [0.25, 0.3) is 0 Å². The van der Waals surface area contributed by atoms with E-state index in [2.05, 4.69) is 11.4 Å². The van der Waals surface area contributed by atoms with E-state index in [9.17, 15) is 22.8 Å². The van der Waals surface area contributed by atoms with Gasteiger partial charge in [0, 0.05) is 13.5 Å². The van der Waals surface area contributed by atoms with E-state index in [1.165, 1.54) is 23.8 Å². The Hall–Kier alpha value is -2.31. The number of nitrogens with zero attached hydrogens (tertiary/aromatic N) is 1. The molecule has 25 heavy (non-hydrogen) atoms.